The highest BCUT2D eigenvalue weighted by molar-refractivity contribution is 5.74. The number of hydrogen-bond acceptors (Lipinski definition) is 14. The van der Waals surface area contributed by atoms with Gasteiger partial charge in [0, 0.05) is 31.1 Å². The molecule has 1 spiro atoms. The second-order valence-electron chi connectivity index (χ2n) is 15.1. The number of ether oxygens (including phenoxy) is 7. The summed E-state index contributed by atoms with van der Waals surface area (Å²) in [5.41, 5.74) is -2.46. The average Bonchev–Trinajstić information content (AvgIpc) is 3.46. The number of carbonyl (C=O) groups is 4. The van der Waals surface area contributed by atoms with Gasteiger partial charge in [-0.2, -0.15) is 0 Å². The molecule has 14 heteroatoms. The molecular formula is C34H52O14. The first-order chi connectivity index (χ1) is 22.5. The fourth-order valence-corrected chi connectivity index (χ4v) is 9.14. The zero-order valence-electron chi connectivity index (χ0n) is 28.8. The maximum atomic E-state index is 13.3. The van der Waals surface area contributed by atoms with Gasteiger partial charge in [0.1, 0.15) is 30.5 Å². The molecule has 272 valence electrons. The molecule has 3 aliphatic heterocycles. The Hall–Kier alpha value is -2.36. The van der Waals surface area contributed by atoms with E-state index in [0.717, 1.165) is 0 Å². The highest BCUT2D eigenvalue weighted by atomic mass is 16.7. The van der Waals surface area contributed by atoms with Crippen molar-refractivity contribution < 1.29 is 67.7 Å². The van der Waals surface area contributed by atoms with Gasteiger partial charge >= 0.3 is 23.9 Å². The van der Waals surface area contributed by atoms with Gasteiger partial charge < -0.3 is 48.5 Å². The Morgan fingerprint density at radius 1 is 0.896 bits per heavy atom. The lowest BCUT2D eigenvalue weighted by Crippen LogP contribution is -2.70. The Balaban J connectivity index is 1.31. The summed E-state index contributed by atoms with van der Waals surface area (Å²) in [6.07, 6.45) is -3.99. The maximum absolute atomic E-state index is 13.3. The van der Waals surface area contributed by atoms with Crippen molar-refractivity contribution in [1.29, 1.82) is 0 Å². The van der Waals surface area contributed by atoms with E-state index in [0.29, 0.717) is 38.7 Å². The summed E-state index contributed by atoms with van der Waals surface area (Å²) >= 11 is 0. The smallest absolute Gasteiger partial charge is 0.309 e. The first kappa shape index (κ1) is 36.9. The number of fused-ring (bicyclic) bond motifs is 3. The predicted molar refractivity (Wildman–Crippen MR) is 163 cm³/mol. The highest BCUT2D eigenvalue weighted by Gasteiger charge is 2.77. The van der Waals surface area contributed by atoms with Crippen molar-refractivity contribution in [2.24, 2.45) is 28.6 Å². The Kier molecular flexibility index (Phi) is 10.8. The molecule has 0 amide bonds. The molecule has 14 nitrogen and oxygen atoms in total. The molecule has 0 aromatic carbocycles. The molecular weight excluding hydrogens is 632 g/mol. The minimum Gasteiger partial charge on any atom is -0.465 e. The van der Waals surface area contributed by atoms with Crippen LogP contribution in [0.1, 0.15) is 92.9 Å². The van der Waals surface area contributed by atoms with Crippen LogP contribution in [0.15, 0.2) is 0 Å². The van der Waals surface area contributed by atoms with Crippen LogP contribution >= 0.6 is 0 Å². The van der Waals surface area contributed by atoms with Crippen molar-refractivity contribution in [2.75, 3.05) is 13.2 Å². The quantitative estimate of drug-likeness (QED) is 0.153. The fraction of sp³-hybridized carbons (Fsp3) is 0.882. The van der Waals surface area contributed by atoms with E-state index in [4.69, 9.17) is 33.2 Å². The summed E-state index contributed by atoms with van der Waals surface area (Å²) in [5, 5.41) is 30.6. The zero-order chi connectivity index (χ0) is 35.2. The third-order valence-corrected chi connectivity index (χ3v) is 11.5. The van der Waals surface area contributed by atoms with Gasteiger partial charge in [0.25, 0.3) is 0 Å². The molecule has 3 N–H and O–H groups in total. The van der Waals surface area contributed by atoms with Crippen molar-refractivity contribution >= 4 is 23.9 Å². The molecule has 0 unspecified atom stereocenters. The van der Waals surface area contributed by atoms with Crippen LogP contribution in [-0.4, -0.2) is 107 Å². The molecule has 2 aliphatic carbocycles. The van der Waals surface area contributed by atoms with Crippen LogP contribution in [0.4, 0.5) is 0 Å². The van der Waals surface area contributed by atoms with Gasteiger partial charge in [-0.3, -0.25) is 19.2 Å². The zero-order valence-corrected chi connectivity index (χ0v) is 28.8. The van der Waals surface area contributed by atoms with Crippen LogP contribution in [0.3, 0.4) is 0 Å². The fourth-order valence-electron chi connectivity index (χ4n) is 9.14. The van der Waals surface area contributed by atoms with Crippen molar-refractivity contribution in [2.45, 2.75) is 148 Å². The molecule has 0 radical (unpaired) electrons. The average molecular weight is 685 g/mol. The van der Waals surface area contributed by atoms with Gasteiger partial charge in [0.15, 0.2) is 12.6 Å². The van der Waals surface area contributed by atoms with Crippen molar-refractivity contribution in [3.8, 4) is 0 Å². The molecule has 0 aromatic rings. The second-order valence-corrected chi connectivity index (χ2v) is 15.1. The lowest BCUT2D eigenvalue weighted by molar-refractivity contribution is -0.271. The first-order valence-electron chi connectivity index (χ1n) is 17.2. The minimum absolute atomic E-state index is 0.0237. The van der Waals surface area contributed by atoms with Gasteiger partial charge in [-0.05, 0) is 51.9 Å². The molecule has 48 heavy (non-hydrogen) atoms. The van der Waals surface area contributed by atoms with E-state index in [9.17, 15) is 34.5 Å². The number of carbonyl (C=O) groups excluding carboxylic acids is 4. The number of hydrogen-bond donors (Lipinski definition) is 3. The van der Waals surface area contributed by atoms with Gasteiger partial charge in [-0.15, -0.1) is 0 Å². The van der Waals surface area contributed by atoms with Crippen LogP contribution in [0, 0.1) is 28.6 Å². The summed E-state index contributed by atoms with van der Waals surface area (Å²) in [5.74, 6) is -2.75. The van der Waals surface area contributed by atoms with E-state index in [-0.39, 0.29) is 49.7 Å². The van der Waals surface area contributed by atoms with E-state index < -0.39 is 83.4 Å². The maximum Gasteiger partial charge on any atom is 0.309 e. The summed E-state index contributed by atoms with van der Waals surface area (Å²) in [4.78, 5) is 50.1. The topological polar surface area (TPSA) is 197 Å². The summed E-state index contributed by atoms with van der Waals surface area (Å²) in [6, 6.07) is 0. The van der Waals surface area contributed by atoms with E-state index in [1.807, 2.05) is 0 Å². The number of esters is 4. The number of rotatable bonds is 12. The summed E-state index contributed by atoms with van der Waals surface area (Å²) in [7, 11) is 0. The van der Waals surface area contributed by atoms with Crippen LogP contribution in [0.5, 0.6) is 0 Å². The van der Waals surface area contributed by atoms with Gasteiger partial charge in [-0.25, -0.2) is 0 Å². The molecule has 3 heterocycles. The Morgan fingerprint density at radius 3 is 2.10 bits per heavy atom. The molecule has 5 aliphatic rings. The van der Waals surface area contributed by atoms with Crippen molar-refractivity contribution in [1.82, 2.24) is 0 Å². The number of aliphatic hydroxyl groups is 3. The van der Waals surface area contributed by atoms with Gasteiger partial charge in [0.2, 0.25) is 0 Å². The van der Waals surface area contributed by atoms with Crippen molar-refractivity contribution in [3.05, 3.63) is 0 Å². The normalized spacial score (nSPS) is 41.8. The minimum atomic E-state index is -0.998. The van der Waals surface area contributed by atoms with Crippen LogP contribution in [0.25, 0.3) is 0 Å². The molecule has 5 rings (SSSR count). The van der Waals surface area contributed by atoms with Gasteiger partial charge in [-0.1, -0.05) is 13.8 Å². The molecule has 0 bridgehead atoms. The standard InChI is InChI=1S/C34H52O14/c1-17-7-26(46-21(5)36)34(16-42-27(38)9-19(3)45-29(40)10-20(4)44-28(39)8-18(2)35)24(13-23(37)14-33(34)15-43-33)32(17,6)25-11-22-12-30(41)48-31(22)47-25/h17-20,22-26,30-31,35,37,41H,7-16H2,1-6H3/t17-,18+,19+,20+,22+,23-,24-,25+,26+,30-,31-,32+,33+,34+/m1/s1. The van der Waals surface area contributed by atoms with E-state index in [1.54, 1.807) is 6.92 Å². The second kappa shape index (κ2) is 14.1. The largest absolute Gasteiger partial charge is 0.465 e. The third-order valence-electron chi connectivity index (χ3n) is 11.5. The molecule has 2 saturated carbocycles. The summed E-state index contributed by atoms with van der Waals surface area (Å²) < 4.78 is 40.8. The Bertz CT molecular complexity index is 1200. The summed E-state index contributed by atoms with van der Waals surface area (Å²) in [6.45, 7) is 10.3. The van der Waals surface area contributed by atoms with E-state index in [2.05, 4.69) is 13.8 Å². The Labute approximate surface area is 281 Å². The van der Waals surface area contributed by atoms with Crippen molar-refractivity contribution in [3.63, 3.8) is 0 Å². The van der Waals surface area contributed by atoms with Gasteiger partial charge in [0.05, 0.1) is 49.6 Å². The lowest BCUT2D eigenvalue weighted by atomic mass is 9.42. The number of aliphatic hydroxyl groups excluding tert-OH is 3. The first-order valence-corrected chi connectivity index (χ1v) is 17.2. The predicted octanol–water partition coefficient (Wildman–Crippen LogP) is 1.92. The monoisotopic (exact) mass is 684 g/mol. The SMILES string of the molecule is CC(=O)O[C@H]1C[C@@H](C)[C@](C)([C@@H]2C[C@H]3C[C@H](O)O[C@H]3O2)[C@H]2C[C@@H](O)C[C@]3(CO3)[C@]12COC(=O)C[C@H](C)OC(=O)C[C@H](C)OC(=O)C[C@H](C)O. The van der Waals surface area contributed by atoms with Crippen LogP contribution < -0.4 is 0 Å². The molecule has 3 saturated heterocycles. The Morgan fingerprint density at radius 2 is 1.52 bits per heavy atom. The molecule has 14 atom stereocenters. The van der Waals surface area contributed by atoms with Crippen LogP contribution in [0.2, 0.25) is 0 Å². The molecule has 5 fully saturated rings. The lowest BCUT2D eigenvalue weighted by Gasteiger charge is -2.64. The van der Waals surface area contributed by atoms with Crippen LogP contribution in [-0.2, 0) is 52.3 Å². The highest BCUT2D eigenvalue weighted by Crippen LogP contribution is 2.70. The van der Waals surface area contributed by atoms with E-state index in [1.165, 1.54) is 20.8 Å². The van der Waals surface area contributed by atoms with E-state index >= 15 is 0 Å². The third kappa shape index (κ3) is 7.25. The molecule has 0 aromatic heterocycles. The number of epoxide rings is 1.